The summed E-state index contributed by atoms with van der Waals surface area (Å²) in [6.07, 6.45) is 10.2. The van der Waals surface area contributed by atoms with Crippen molar-refractivity contribution in [3.8, 4) is 0 Å². The smallest absolute Gasteiger partial charge is 0.227 e. The lowest BCUT2D eigenvalue weighted by atomic mass is 9.95. The molecule has 2 aromatic heterocycles. The van der Waals surface area contributed by atoms with E-state index < -0.39 is 0 Å². The Kier molecular flexibility index (Phi) is 7.02. The number of hydrogen-bond donors (Lipinski definition) is 3. The summed E-state index contributed by atoms with van der Waals surface area (Å²) in [5.41, 5.74) is 3.05. The highest BCUT2D eigenvalue weighted by Crippen LogP contribution is 2.32. The second kappa shape index (κ2) is 10.5. The molecule has 2 fully saturated rings. The van der Waals surface area contributed by atoms with Gasteiger partial charge in [0.05, 0.1) is 12.9 Å². The Balaban J connectivity index is 1.30. The second-order valence-corrected chi connectivity index (χ2v) is 9.34. The topological polar surface area (TPSA) is 91.1 Å². The van der Waals surface area contributed by atoms with Crippen LogP contribution in [0.1, 0.15) is 56.6 Å². The van der Waals surface area contributed by atoms with Gasteiger partial charge in [-0.15, -0.1) is 0 Å². The SMILES string of the molecule is OCCNc1nc(NC2CCN(Cc3ccccc3)CC2)nc2c1ncn2C1CCCCC1. The number of rotatable bonds is 8. The number of aliphatic hydroxyl groups excluding tert-OH is 1. The first-order valence-electron chi connectivity index (χ1n) is 12.4. The highest BCUT2D eigenvalue weighted by atomic mass is 16.3. The van der Waals surface area contributed by atoms with Gasteiger partial charge >= 0.3 is 0 Å². The minimum absolute atomic E-state index is 0.0530. The molecule has 1 saturated heterocycles. The zero-order chi connectivity index (χ0) is 22.5. The van der Waals surface area contributed by atoms with Gasteiger partial charge < -0.3 is 20.3 Å². The standard InChI is InChI=1S/C25H35N7O/c33-16-13-26-23-22-24(32(18-27-22)21-9-5-2-6-10-21)30-25(29-23)28-20-11-14-31(15-12-20)17-19-7-3-1-4-8-19/h1,3-4,7-8,18,20-21,33H,2,5-6,9-17H2,(H2,26,28,29,30). The van der Waals surface area contributed by atoms with E-state index in [0.29, 0.717) is 30.4 Å². The molecule has 1 saturated carbocycles. The van der Waals surface area contributed by atoms with E-state index in [1.807, 2.05) is 6.33 Å². The van der Waals surface area contributed by atoms with Crippen LogP contribution in [0, 0.1) is 0 Å². The molecule has 0 unspecified atom stereocenters. The van der Waals surface area contributed by atoms with Crippen LogP contribution in [0.25, 0.3) is 11.2 Å². The first-order chi connectivity index (χ1) is 16.3. The lowest BCUT2D eigenvalue weighted by Crippen LogP contribution is -2.39. The summed E-state index contributed by atoms with van der Waals surface area (Å²) in [5, 5.41) is 16.2. The van der Waals surface area contributed by atoms with Crippen molar-refractivity contribution in [1.29, 1.82) is 0 Å². The van der Waals surface area contributed by atoms with Crippen LogP contribution in [0.5, 0.6) is 0 Å². The van der Waals surface area contributed by atoms with E-state index >= 15 is 0 Å². The zero-order valence-corrected chi connectivity index (χ0v) is 19.3. The number of aliphatic hydroxyl groups is 1. The van der Waals surface area contributed by atoms with Gasteiger partial charge in [0.15, 0.2) is 17.0 Å². The van der Waals surface area contributed by atoms with E-state index in [-0.39, 0.29) is 6.61 Å². The average molecular weight is 450 g/mol. The Morgan fingerprint density at radius 2 is 1.76 bits per heavy atom. The van der Waals surface area contributed by atoms with E-state index in [0.717, 1.165) is 43.6 Å². The predicted octanol–water partition coefficient (Wildman–Crippen LogP) is 3.81. The molecule has 0 amide bonds. The predicted molar refractivity (Wildman–Crippen MR) is 131 cm³/mol. The molecule has 8 heteroatoms. The molecule has 176 valence electrons. The molecule has 2 aliphatic rings. The van der Waals surface area contributed by atoms with E-state index in [1.54, 1.807) is 0 Å². The van der Waals surface area contributed by atoms with Crippen molar-refractivity contribution in [2.45, 2.75) is 63.6 Å². The molecule has 3 aromatic rings. The zero-order valence-electron chi connectivity index (χ0n) is 19.3. The lowest BCUT2D eigenvalue weighted by molar-refractivity contribution is 0.211. The van der Waals surface area contributed by atoms with Crippen molar-refractivity contribution in [3.63, 3.8) is 0 Å². The summed E-state index contributed by atoms with van der Waals surface area (Å²) < 4.78 is 2.24. The van der Waals surface area contributed by atoms with Gasteiger partial charge in [0.25, 0.3) is 0 Å². The molecular weight excluding hydrogens is 414 g/mol. The van der Waals surface area contributed by atoms with E-state index in [4.69, 9.17) is 9.97 Å². The number of benzene rings is 1. The molecule has 1 aromatic carbocycles. The van der Waals surface area contributed by atoms with Crippen LogP contribution < -0.4 is 10.6 Å². The number of aromatic nitrogens is 4. The average Bonchev–Trinajstić information content (AvgIpc) is 3.29. The summed E-state index contributed by atoms with van der Waals surface area (Å²) in [5.74, 6) is 1.36. The van der Waals surface area contributed by atoms with Crippen molar-refractivity contribution in [2.24, 2.45) is 0 Å². The van der Waals surface area contributed by atoms with Gasteiger partial charge in [-0.2, -0.15) is 9.97 Å². The third-order valence-corrected chi connectivity index (χ3v) is 6.96. The van der Waals surface area contributed by atoms with Crippen molar-refractivity contribution >= 4 is 22.9 Å². The van der Waals surface area contributed by atoms with Gasteiger partial charge in [0, 0.05) is 38.3 Å². The van der Waals surface area contributed by atoms with Crippen LogP contribution in [0.15, 0.2) is 36.7 Å². The van der Waals surface area contributed by atoms with E-state index in [9.17, 15) is 5.11 Å². The first-order valence-corrected chi connectivity index (χ1v) is 12.4. The number of nitrogens with zero attached hydrogens (tertiary/aromatic N) is 5. The molecule has 0 spiro atoms. The molecule has 1 aliphatic carbocycles. The van der Waals surface area contributed by atoms with Crippen LogP contribution >= 0.6 is 0 Å². The Hall–Kier alpha value is -2.71. The number of anilines is 2. The second-order valence-electron chi connectivity index (χ2n) is 9.34. The molecular formula is C25H35N7O. The molecule has 0 radical (unpaired) electrons. The summed E-state index contributed by atoms with van der Waals surface area (Å²) in [4.78, 5) is 16.8. The molecule has 3 heterocycles. The third-order valence-electron chi connectivity index (χ3n) is 6.96. The number of likely N-dealkylation sites (tertiary alicyclic amines) is 1. The van der Waals surface area contributed by atoms with Crippen LogP contribution in [-0.2, 0) is 6.54 Å². The van der Waals surface area contributed by atoms with Gasteiger partial charge in [-0.1, -0.05) is 49.6 Å². The maximum atomic E-state index is 9.32. The van der Waals surface area contributed by atoms with Gasteiger partial charge in [-0.25, -0.2) is 4.98 Å². The molecule has 1 aliphatic heterocycles. The van der Waals surface area contributed by atoms with Crippen LogP contribution in [-0.4, -0.2) is 61.8 Å². The van der Waals surface area contributed by atoms with Crippen molar-refractivity contribution in [1.82, 2.24) is 24.4 Å². The van der Waals surface area contributed by atoms with Gasteiger partial charge in [0.1, 0.15) is 0 Å². The summed E-state index contributed by atoms with van der Waals surface area (Å²) in [6, 6.07) is 11.5. The monoisotopic (exact) mass is 449 g/mol. The Morgan fingerprint density at radius 1 is 0.970 bits per heavy atom. The Bertz CT molecular complexity index is 1020. The van der Waals surface area contributed by atoms with E-state index in [2.05, 4.69) is 55.4 Å². The van der Waals surface area contributed by atoms with Crippen molar-refractivity contribution in [3.05, 3.63) is 42.2 Å². The fraction of sp³-hybridized carbons (Fsp3) is 0.560. The summed E-state index contributed by atoms with van der Waals surface area (Å²) in [7, 11) is 0. The lowest BCUT2D eigenvalue weighted by Gasteiger charge is -2.32. The Morgan fingerprint density at radius 3 is 2.52 bits per heavy atom. The number of nitrogens with one attached hydrogen (secondary N) is 2. The number of fused-ring (bicyclic) bond motifs is 1. The number of imidazole rings is 1. The summed E-state index contributed by atoms with van der Waals surface area (Å²) >= 11 is 0. The normalized spacial score (nSPS) is 18.6. The van der Waals surface area contributed by atoms with E-state index in [1.165, 1.54) is 37.7 Å². The Labute approximate surface area is 195 Å². The molecule has 8 nitrogen and oxygen atoms in total. The number of hydrogen-bond acceptors (Lipinski definition) is 7. The van der Waals surface area contributed by atoms with Crippen LogP contribution in [0.3, 0.4) is 0 Å². The molecule has 33 heavy (non-hydrogen) atoms. The minimum atomic E-state index is 0.0530. The van der Waals surface area contributed by atoms with Gasteiger partial charge in [0.2, 0.25) is 5.95 Å². The van der Waals surface area contributed by atoms with Crippen molar-refractivity contribution < 1.29 is 5.11 Å². The van der Waals surface area contributed by atoms with Crippen molar-refractivity contribution in [2.75, 3.05) is 36.9 Å². The van der Waals surface area contributed by atoms with Crippen LogP contribution in [0.2, 0.25) is 0 Å². The largest absolute Gasteiger partial charge is 0.395 e. The van der Waals surface area contributed by atoms with Gasteiger partial charge in [-0.05, 0) is 31.2 Å². The quantitative estimate of drug-likeness (QED) is 0.482. The molecule has 3 N–H and O–H groups in total. The molecule has 5 rings (SSSR count). The van der Waals surface area contributed by atoms with Gasteiger partial charge in [-0.3, -0.25) is 4.90 Å². The maximum absolute atomic E-state index is 9.32. The first kappa shape index (κ1) is 22.1. The maximum Gasteiger partial charge on any atom is 0.227 e. The van der Waals surface area contributed by atoms with Crippen LogP contribution in [0.4, 0.5) is 11.8 Å². The highest BCUT2D eigenvalue weighted by Gasteiger charge is 2.23. The summed E-state index contributed by atoms with van der Waals surface area (Å²) in [6.45, 7) is 3.62. The molecule has 0 bridgehead atoms. The molecule has 0 atom stereocenters. The third kappa shape index (κ3) is 5.28. The fourth-order valence-electron chi connectivity index (χ4n) is 5.16. The highest BCUT2D eigenvalue weighted by molar-refractivity contribution is 5.84. The minimum Gasteiger partial charge on any atom is -0.395 e. The fourth-order valence-corrected chi connectivity index (χ4v) is 5.16. The number of piperidine rings is 1.